The van der Waals surface area contributed by atoms with Crippen LogP contribution in [-0.2, 0) is 4.79 Å². The molecule has 4 nitrogen and oxygen atoms in total. The number of hydrogen-bond acceptors (Lipinski definition) is 3. The van der Waals surface area contributed by atoms with Crippen LogP contribution in [0.1, 0.15) is 43.7 Å². The van der Waals surface area contributed by atoms with E-state index in [0.29, 0.717) is 6.42 Å². The Hall–Kier alpha value is -1.10. The number of piperazine rings is 1. The molecule has 1 saturated heterocycles. The van der Waals surface area contributed by atoms with E-state index in [1.54, 1.807) is 0 Å². The van der Waals surface area contributed by atoms with Crippen LogP contribution in [0.3, 0.4) is 0 Å². The second kappa shape index (κ2) is 9.13. The summed E-state index contributed by atoms with van der Waals surface area (Å²) in [5.41, 5.74) is 6.52. The third-order valence-electron chi connectivity index (χ3n) is 4.17. The first-order valence-electron chi connectivity index (χ1n) is 8.18. The van der Waals surface area contributed by atoms with Crippen molar-refractivity contribution >= 4 is 17.5 Å². The van der Waals surface area contributed by atoms with E-state index < -0.39 is 0 Å². The standard InChI is InChI=1S/C17H26ClN3O/c18-15-8-5-4-7-14(15)16-13-20-11-12-21(16)17(22)9-3-1-2-6-10-19/h4-5,7-8,16,20H,1-3,6,9-13,19H2. The Balaban J connectivity index is 1.95. The largest absolute Gasteiger partial charge is 0.333 e. The van der Waals surface area contributed by atoms with Crippen LogP contribution in [0, 0.1) is 0 Å². The van der Waals surface area contributed by atoms with Crippen molar-refractivity contribution in [2.75, 3.05) is 26.2 Å². The number of unbranched alkanes of at least 4 members (excludes halogenated alkanes) is 3. The second-order valence-corrected chi connectivity index (χ2v) is 6.19. The molecule has 1 aromatic carbocycles. The number of carbonyl (C=O) groups excluding carboxylic acids is 1. The molecule has 1 atom stereocenters. The summed E-state index contributed by atoms with van der Waals surface area (Å²) in [5.74, 6) is 0.235. The van der Waals surface area contributed by atoms with Crippen molar-refractivity contribution in [3.05, 3.63) is 34.9 Å². The van der Waals surface area contributed by atoms with Gasteiger partial charge in [0.15, 0.2) is 0 Å². The first-order valence-corrected chi connectivity index (χ1v) is 8.56. The van der Waals surface area contributed by atoms with Crippen molar-refractivity contribution in [1.29, 1.82) is 0 Å². The molecule has 1 amide bonds. The zero-order valence-electron chi connectivity index (χ0n) is 13.1. The minimum Gasteiger partial charge on any atom is -0.333 e. The van der Waals surface area contributed by atoms with E-state index in [-0.39, 0.29) is 11.9 Å². The average molecular weight is 324 g/mol. The SMILES string of the molecule is NCCCCCCC(=O)N1CCNCC1c1ccccc1Cl. The molecule has 1 fully saturated rings. The summed E-state index contributed by atoms with van der Waals surface area (Å²) in [6.07, 6.45) is 4.79. The molecule has 1 unspecified atom stereocenters. The van der Waals surface area contributed by atoms with E-state index in [4.69, 9.17) is 17.3 Å². The average Bonchev–Trinajstić information content (AvgIpc) is 2.55. The Morgan fingerprint density at radius 3 is 2.82 bits per heavy atom. The van der Waals surface area contributed by atoms with Gasteiger partial charge < -0.3 is 16.0 Å². The molecule has 5 heteroatoms. The smallest absolute Gasteiger partial charge is 0.223 e. The Morgan fingerprint density at radius 2 is 2.05 bits per heavy atom. The molecule has 1 heterocycles. The van der Waals surface area contributed by atoms with Crippen LogP contribution < -0.4 is 11.1 Å². The number of nitrogens with two attached hydrogens (primary N) is 1. The van der Waals surface area contributed by atoms with Crippen molar-refractivity contribution in [2.24, 2.45) is 5.73 Å². The Morgan fingerprint density at radius 1 is 1.27 bits per heavy atom. The maximum Gasteiger partial charge on any atom is 0.223 e. The highest BCUT2D eigenvalue weighted by Crippen LogP contribution is 2.29. The monoisotopic (exact) mass is 323 g/mol. The summed E-state index contributed by atoms with van der Waals surface area (Å²) in [5, 5.41) is 4.10. The number of carbonyl (C=O) groups is 1. The van der Waals surface area contributed by atoms with Gasteiger partial charge in [0.2, 0.25) is 5.91 Å². The Bertz CT molecular complexity index is 481. The number of rotatable bonds is 7. The highest BCUT2D eigenvalue weighted by Gasteiger charge is 2.28. The van der Waals surface area contributed by atoms with Gasteiger partial charge in [0.25, 0.3) is 0 Å². The molecule has 0 aliphatic carbocycles. The third kappa shape index (κ3) is 4.70. The lowest BCUT2D eigenvalue weighted by Crippen LogP contribution is -2.48. The van der Waals surface area contributed by atoms with Gasteiger partial charge in [0.1, 0.15) is 0 Å². The van der Waals surface area contributed by atoms with E-state index >= 15 is 0 Å². The molecule has 1 aliphatic rings. The molecular formula is C17H26ClN3O. The quantitative estimate of drug-likeness (QED) is 0.759. The lowest BCUT2D eigenvalue weighted by Gasteiger charge is -2.37. The van der Waals surface area contributed by atoms with Gasteiger partial charge in [-0.05, 0) is 31.0 Å². The second-order valence-electron chi connectivity index (χ2n) is 5.78. The lowest BCUT2D eigenvalue weighted by atomic mass is 10.0. The predicted molar refractivity (Wildman–Crippen MR) is 90.9 cm³/mol. The molecule has 0 aromatic heterocycles. The predicted octanol–water partition coefficient (Wildman–Crippen LogP) is 2.72. The number of hydrogen-bond donors (Lipinski definition) is 2. The number of nitrogens with zero attached hydrogens (tertiary/aromatic N) is 1. The molecule has 122 valence electrons. The molecule has 22 heavy (non-hydrogen) atoms. The van der Waals surface area contributed by atoms with Crippen molar-refractivity contribution in [2.45, 2.75) is 38.1 Å². The first-order chi connectivity index (χ1) is 10.7. The molecule has 3 N–H and O–H groups in total. The van der Waals surface area contributed by atoms with Gasteiger partial charge in [-0.25, -0.2) is 0 Å². The van der Waals surface area contributed by atoms with Crippen molar-refractivity contribution in [1.82, 2.24) is 10.2 Å². The number of benzene rings is 1. The van der Waals surface area contributed by atoms with Crippen LogP contribution in [0.4, 0.5) is 0 Å². The van der Waals surface area contributed by atoms with E-state index in [0.717, 1.165) is 62.4 Å². The summed E-state index contributed by atoms with van der Waals surface area (Å²) >= 11 is 6.31. The summed E-state index contributed by atoms with van der Waals surface area (Å²) < 4.78 is 0. The maximum absolute atomic E-state index is 12.6. The summed E-state index contributed by atoms with van der Waals surface area (Å²) in [4.78, 5) is 14.5. The molecule has 2 rings (SSSR count). The summed E-state index contributed by atoms with van der Waals surface area (Å²) in [6, 6.07) is 7.85. The Kier molecular flexibility index (Phi) is 7.16. The minimum absolute atomic E-state index is 0.0407. The van der Waals surface area contributed by atoms with Gasteiger partial charge in [0.05, 0.1) is 6.04 Å². The van der Waals surface area contributed by atoms with Gasteiger partial charge in [-0.2, -0.15) is 0 Å². The molecule has 0 bridgehead atoms. The third-order valence-corrected chi connectivity index (χ3v) is 4.52. The van der Waals surface area contributed by atoms with Gasteiger partial charge in [-0.15, -0.1) is 0 Å². The minimum atomic E-state index is 0.0407. The van der Waals surface area contributed by atoms with Gasteiger partial charge in [0, 0.05) is 31.1 Å². The normalized spacial score (nSPS) is 18.5. The van der Waals surface area contributed by atoms with E-state index in [9.17, 15) is 4.79 Å². The fourth-order valence-electron chi connectivity index (χ4n) is 2.94. The van der Waals surface area contributed by atoms with Crippen LogP contribution in [0.25, 0.3) is 0 Å². The first kappa shape index (κ1) is 17.3. The number of halogens is 1. The van der Waals surface area contributed by atoms with Gasteiger partial charge in [-0.3, -0.25) is 4.79 Å². The molecule has 1 aromatic rings. The zero-order chi connectivity index (χ0) is 15.8. The van der Waals surface area contributed by atoms with E-state index in [1.807, 2.05) is 29.2 Å². The van der Waals surface area contributed by atoms with Crippen molar-refractivity contribution in [3.63, 3.8) is 0 Å². The lowest BCUT2D eigenvalue weighted by molar-refractivity contribution is -0.134. The fraction of sp³-hybridized carbons (Fsp3) is 0.588. The highest BCUT2D eigenvalue weighted by atomic mass is 35.5. The molecule has 0 radical (unpaired) electrons. The Labute approximate surface area is 138 Å². The van der Waals surface area contributed by atoms with Gasteiger partial charge in [-0.1, -0.05) is 42.6 Å². The molecule has 0 saturated carbocycles. The summed E-state index contributed by atoms with van der Waals surface area (Å²) in [7, 11) is 0. The molecule has 0 spiro atoms. The van der Waals surface area contributed by atoms with Crippen molar-refractivity contribution < 1.29 is 4.79 Å². The van der Waals surface area contributed by atoms with Crippen LogP contribution in [-0.4, -0.2) is 37.0 Å². The van der Waals surface area contributed by atoms with E-state index in [1.165, 1.54) is 0 Å². The summed E-state index contributed by atoms with van der Waals surface area (Å²) in [6.45, 7) is 3.10. The van der Waals surface area contributed by atoms with Crippen LogP contribution in [0.5, 0.6) is 0 Å². The molecular weight excluding hydrogens is 298 g/mol. The zero-order valence-corrected chi connectivity index (χ0v) is 13.8. The molecule has 1 aliphatic heterocycles. The van der Waals surface area contributed by atoms with Crippen LogP contribution >= 0.6 is 11.6 Å². The number of nitrogens with one attached hydrogen (secondary N) is 1. The highest BCUT2D eigenvalue weighted by molar-refractivity contribution is 6.31. The van der Waals surface area contributed by atoms with Crippen LogP contribution in [0.15, 0.2) is 24.3 Å². The van der Waals surface area contributed by atoms with Gasteiger partial charge >= 0.3 is 0 Å². The number of amides is 1. The topological polar surface area (TPSA) is 58.4 Å². The fourth-order valence-corrected chi connectivity index (χ4v) is 3.21. The van der Waals surface area contributed by atoms with E-state index in [2.05, 4.69) is 5.32 Å². The maximum atomic E-state index is 12.6. The van der Waals surface area contributed by atoms with Crippen molar-refractivity contribution in [3.8, 4) is 0 Å². The van der Waals surface area contributed by atoms with Crippen LogP contribution in [0.2, 0.25) is 5.02 Å².